The first-order valence-electron chi connectivity index (χ1n) is 6.21. The maximum Gasteiger partial charge on any atom is 0.175 e. The van der Waals surface area contributed by atoms with E-state index < -0.39 is 27.5 Å². The van der Waals surface area contributed by atoms with Gasteiger partial charge in [0, 0.05) is 11.8 Å². The number of halogens is 2. The summed E-state index contributed by atoms with van der Waals surface area (Å²) in [6.45, 7) is 1.47. The van der Waals surface area contributed by atoms with Crippen molar-refractivity contribution < 1.29 is 17.2 Å². The van der Waals surface area contributed by atoms with E-state index in [0.717, 1.165) is 18.4 Å². The minimum absolute atomic E-state index is 0.0326. The lowest BCUT2D eigenvalue weighted by Crippen LogP contribution is -2.14. The topological polar surface area (TPSA) is 60.2 Å². The van der Waals surface area contributed by atoms with Crippen LogP contribution in [0.4, 0.5) is 8.78 Å². The van der Waals surface area contributed by atoms with Gasteiger partial charge in [-0.3, -0.25) is 0 Å². The zero-order valence-electron chi connectivity index (χ0n) is 11.6. The van der Waals surface area contributed by atoms with Crippen LogP contribution in [0.1, 0.15) is 22.7 Å². The molecule has 3 nitrogen and oxygen atoms in total. The van der Waals surface area contributed by atoms with Crippen molar-refractivity contribution in [1.82, 2.24) is 0 Å². The van der Waals surface area contributed by atoms with Crippen LogP contribution in [-0.2, 0) is 9.84 Å². The molecule has 0 aliphatic heterocycles. The summed E-state index contributed by atoms with van der Waals surface area (Å²) in [6, 6.07) is 7.08. The first kappa shape index (κ1) is 15.6. The molecule has 0 amide bonds. The summed E-state index contributed by atoms with van der Waals surface area (Å²) in [6.07, 6.45) is 1.09. The molecule has 2 aromatic carbocycles. The first-order valence-corrected chi connectivity index (χ1v) is 8.10. The fraction of sp³-hybridized carbons (Fsp3) is 0.200. The number of hydrogen-bond donors (Lipinski definition) is 1. The maximum atomic E-state index is 13.9. The molecule has 2 aromatic rings. The molecule has 0 fully saturated rings. The van der Waals surface area contributed by atoms with Gasteiger partial charge in [0.15, 0.2) is 9.84 Å². The maximum absolute atomic E-state index is 13.9. The summed E-state index contributed by atoms with van der Waals surface area (Å²) in [4.78, 5) is 0.147. The molecule has 2 N–H and O–H groups in total. The molecule has 1 atom stereocenters. The Labute approximate surface area is 122 Å². The molecule has 1 unspecified atom stereocenters. The SMILES string of the molecule is Cc1cc(F)c(C(N)c2ccc(S(C)(=O)=O)cc2)cc1F. The van der Waals surface area contributed by atoms with Crippen molar-refractivity contribution in [2.45, 2.75) is 17.9 Å². The van der Waals surface area contributed by atoms with Gasteiger partial charge in [-0.15, -0.1) is 0 Å². The highest BCUT2D eigenvalue weighted by atomic mass is 32.2. The van der Waals surface area contributed by atoms with Crippen LogP contribution < -0.4 is 5.73 Å². The first-order chi connectivity index (χ1) is 9.70. The Hall–Kier alpha value is -1.79. The van der Waals surface area contributed by atoms with Crippen molar-refractivity contribution >= 4 is 9.84 Å². The third-order valence-electron chi connectivity index (χ3n) is 3.28. The van der Waals surface area contributed by atoms with Crippen LogP contribution in [0.25, 0.3) is 0 Å². The van der Waals surface area contributed by atoms with E-state index in [0.29, 0.717) is 5.56 Å². The predicted octanol–water partition coefficient (Wildman–Crippen LogP) is 2.72. The van der Waals surface area contributed by atoms with E-state index in [9.17, 15) is 17.2 Å². The third kappa shape index (κ3) is 3.28. The lowest BCUT2D eigenvalue weighted by Gasteiger charge is -2.15. The Bertz CT molecular complexity index is 771. The van der Waals surface area contributed by atoms with E-state index in [4.69, 9.17) is 5.73 Å². The van der Waals surface area contributed by atoms with Gasteiger partial charge in [0.25, 0.3) is 0 Å². The Morgan fingerprint density at radius 1 is 1.05 bits per heavy atom. The smallest absolute Gasteiger partial charge is 0.175 e. The summed E-state index contributed by atoms with van der Waals surface area (Å²) in [5.41, 5.74) is 6.68. The summed E-state index contributed by atoms with van der Waals surface area (Å²) >= 11 is 0. The molecular weight excluding hydrogens is 296 g/mol. The fourth-order valence-corrected chi connectivity index (χ4v) is 2.63. The Morgan fingerprint density at radius 3 is 2.14 bits per heavy atom. The molecule has 0 aliphatic rings. The van der Waals surface area contributed by atoms with Gasteiger partial charge in [0.2, 0.25) is 0 Å². The molecule has 6 heteroatoms. The van der Waals surface area contributed by atoms with Crippen LogP contribution >= 0.6 is 0 Å². The van der Waals surface area contributed by atoms with Crippen molar-refractivity contribution in [3.63, 3.8) is 0 Å². The zero-order chi connectivity index (χ0) is 15.8. The Kier molecular flexibility index (Phi) is 4.11. The van der Waals surface area contributed by atoms with Gasteiger partial charge >= 0.3 is 0 Å². The highest BCUT2D eigenvalue weighted by Gasteiger charge is 2.17. The van der Waals surface area contributed by atoms with Gasteiger partial charge in [-0.1, -0.05) is 12.1 Å². The summed E-state index contributed by atoms with van der Waals surface area (Å²) in [7, 11) is -3.31. The van der Waals surface area contributed by atoms with Crippen molar-refractivity contribution in [2.75, 3.05) is 6.26 Å². The molecule has 0 radical (unpaired) electrons. The average molecular weight is 311 g/mol. The van der Waals surface area contributed by atoms with Crippen LogP contribution in [0, 0.1) is 18.6 Å². The molecule has 21 heavy (non-hydrogen) atoms. The van der Waals surface area contributed by atoms with Crippen LogP contribution in [0.3, 0.4) is 0 Å². The summed E-state index contributed by atoms with van der Waals surface area (Å²) in [5.74, 6) is -1.12. The van der Waals surface area contributed by atoms with E-state index in [1.54, 1.807) is 0 Å². The van der Waals surface area contributed by atoms with Crippen molar-refractivity contribution in [1.29, 1.82) is 0 Å². The van der Waals surface area contributed by atoms with E-state index in [1.807, 2.05) is 0 Å². The molecule has 0 saturated carbocycles. The van der Waals surface area contributed by atoms with E-state index >= 15 is 0 Å². The van der Waals surface area contributed by atoms with E-state index in [1.165, 1.54) is 31.2 Å². The number of aryl methyl sites for hydroxylation is 1. The molecule has 0 aromatic heterocycles. The van der Waals surface area contributed by atoms with Gasteiger partial charge in [-0.2, -0.15) is 0 Å². The summed E-state index contributed by atoms with van der Waals surface area (Å²) in [5, 5.41) is 0. The van der Waals surface area contributed by atoms with Gasteiger partial charge in [0.05, 0.1) is 10.9 Å². The largest absolute Gasteiger partial charge is 0.320 e. The van der Waals surface area contributed by atoms with E-state index in [-0.39, 0.29) is 16.0 Å². The highest BCUT2D eigenvalue weighted by Crippen LogP contribution is 2.25. The predicted molar refractivity (Wildman–Crippen MR) is 76.7 cm³/mol. The molecule has 0 heterocycles. The van der Waals surface area contributed by atoms with E-state index in [2.05, 4.69) is 0 Å². The second-order valence-corrected chi connectivity index (χ2v) is 6.96. The lowest BCUT2D eigenvalue weighted by atomic mass is 9.98. The Balaban J connectivity index is 2.41. The summed E-state index contributed by atoms with van der Waals surface area (Å²) < 4.78 is 50.2. The van der Waals surface area contributed by atoms with Gasteiger partial charge < -0.3 is 5.73 Å². The van der Waals surface area contributed by atoms with Gasteiger partial charge in [-0.25, -0.2) is 17.2 Å². The van der Waals surface area contributed by atoms with Crippen molar-refractivity contribution in [2.24, 2.45) is 5.73 Å². The number of sulfone groups is 1. The van der Waals surface area contributed by atoms with Crippen LogP contribution in [0.2, 0.25) is 0 Å². The number of rotatable bonds is 3. The standard InChI is InChI=1S/C15H15F2NO2S/c1-9-7-14(17)12(8-13(9)16)15(18)10-3-5-11(6-4-10)21(2,19)20/h3-8,15H,18H2,1-2H3. The van der Waals surface area contributed by atoms with Gasteiger partial charge in [-0.05, 0) is 42.3 Å². The molecule has 0 aliphatic carbocycles. The zero-order valence-corrected chi connectivity index (χ0v) is 12.4. The lowest BCUT2D eigenvalue weighted by molar-refractivity contribution is 0.570. The van der Waals surface area contributed by atoms with Gasteiger partial charge in [0.1, 0.15) is 11.6 Å². The van der Waals surface area contributed by atoms with Crippen LogP contribution in [-0.4, -0.2) is 14.7 Å². The second kappa shape index (κ2) is 5.54. The highest BCUT2D eigenvalue weighted by molar-refractivity contribution is 7.90. The van der Waals surface area contributed by atoms with Crippen molar-refractivity contribution in [3.05, 3.63) is 64.7 Å². The van der Waals surface area contributed by atoms with Crippen LogP contribution in [0.5, 0.6) is 0 Å². The minimum atomic E-state index is -3.31. The second-order valence-electron chi connectivity index (χ2n) is 4.94. The average Bonchev–Trinajstić information content (AvgIpc) is 2.41. The molecular formula is C15H15F2NO2S. The molecule has 2 rings (SSSR count). The Morgan fingerprint density at radius 2 is 1.62 bits per heavy atom. The monoisotopic (exact) mass is 311 g/mol. The number of nitrogens with two attached hydrogens (primary N) is 1. The third-order valence-corrected chi connectivity index (χ3v) is 4.41. The van der Waals surface area contributed by atoms with Crippen molar-refractivity contribution in [3.8, 4) is 0 Å². The number of benzene rings is 2. The fourth-order valence-electron chi connectivity index (χ4n) is 2.00. The molecule has 0 spiro atoms. The molecule has 0 bridgehead atoms. The molecule has 112 valence electrons. The molecule has 0 saturated heterocycles. The number of hydrogen-bond acceptors (Lipinski definition) is 3. The quantitative estimate of drug-likeness (QED) is 0.948. The minimum Gasteiger partial charge on any atom is -0.320 e. The van der Waals surface area contributed by atoms with Crippen LogP contribution in [0.15, 0.2) is 41.3 Å². The normalized spacial score (nSPS) is 13.2.